The summed E-state index contributed by atoms with van der Waals surface area (Å²) in [7, 11) is -0.550. The number of amides is 4. The average Bonchev–Trinajstić information content (AvgIpc) is 1.77. The molecule has 0 saturated carbocycles. The summed E-state index contributed by atoms with van der Waals surface area (Å²) in [4.78, 5) is 74.4. The number of aromatic nitrogens is 9. The van der Waals surface area contributed by atoms with Crippen molar-refractivity contribution in [2.75, 3.05) is 48.3 Å². The molecule has 3 fully saturated rings. The van der Waals surface area contributed by atoms with Crippen molar-refractivity contribution in [1.29, 1.82) is 0 Å². The van der Waals surface area contributed by atoms with Gasteiger partial charge in [0.1, 0.15) is 50.7 Å². The fourth-order valence-corrected chi connectivity index (χ4v) is 10.6. The Morgan fingerprint density at radius 1 is 0.663 bits per heavy atom. The molecule has 23 nitrogen and oxygen atoms in total. The molecule has 8 aromatic rings. The highest BCUT2D eigenvalue weighted by molar-refractivity contribution is 14.1. The number of fused-ring (bicyclic) bond motifs is 2. The lowest BCUT2D eigenvalue weighted by Crippen LogP contribution is -2.41. The van der Waals surface area contributed by atoms with Crippen molar-refractivity contribution in [3.05, 3.63) is 130 Å². The number of ether oxygens (including phenoxy) is 2. The third-order valence-corrected chi connectivity index (χ3v) is 15.8. The minimum Gasteiger partial charge on any atom is -0.444 e. The zero-order valence-corrected chi connectivity index (χ0v) is 53.3. The molecule has 0 bridgehead atoms. The van der Waals surface area contributed by atoms with E-state index in [2.05, 4.69) is 63.2 Å². The molecule has 8 heterocycles. The number of pyridine rings is 1. The quantitative estimate of drug-likeness (QED) is 0.0812. The van der Waals surface area contributed by atoms with Crippen molar-refractivity contribution in [2.24, 2.45) is 0 Å². The van der Waals surface area contributed by atoms with Crippen LogP contribution in [0.3, 0.4) is 0 Å². The number of hydrogen-bond donors (Lipinski definition) is 4. The molecule has 0 unspecified atom stereocenters. The number of nitrogens with zero attached hydrogens (tertiary/aromatic N) is 11. The Bertz CT molecular complexity index is 3910. The fourth-order valence-electron chi connectivity index (χ4n) is 9.85. The zero-order valence-electron chi connectivity index (χ0n) is 51.1. The van der Waals surface area contributed by atoms with Gasteiger partial charge in [-0.25, -0.2) is 43.9 Å². The Balaban J connectivity index is 0.000000164. The number of nitrogen functional groups attached to an aromatic ring is 2. The molecule has 3 aliphatic rings. The van der Waals surface area contributed by atoms with Gasteiger partial charge in [-0.15, -0.1) is 0 Å². The number of likely N-dealkylation sites (tertiary alicyclic amines) is 2. The maximum atomic E-state index is 12.8. The molecule has 2 atom stereocenters. The minimum atomic E-state index is -4.47. The van der Waals surface area contributed by atoms with E-state index in [1.807, 2.05) is 104 Å². The number of carbonyl (C=O) groups is 4. The molecule has 0 spiro atoms. The number of hydrogen-bond acceptors (Lipinski definition) is 17. The van der Waals surface area contributed by atoms with Crippen LogP contribution in [0.4, 0.5) is 45.9 Å². The third kappa shape index (κ3) is 15.3. The van der Waals surface area contributed by atoms with Gasteiger partial charge in [-0.1, -0.05) is 30.3 Å². The van der Waals surface area contributed by atoms with Crippen molar-refractivity contribution in [1.82, 2.24) is 54.3 Å². The summed E-state index contributed by atoms with van der Waals surface area (Å²) in [5, 5.41) is 16.1. The Morgan fingerprint density at radius 3 is 1.70 bits per heavy atom. The van der Waals surface area contributed by atoms with Crippen molar-refractivity contribution in [2.45, 2.75) is 130 Å². The summed E-state index contributed by atoms with van der Waals surface area (Å²) in [5.41, 5.74) is 14.7. The minimum absolute atomic E-state index is 0.0582. The van der Waals surface area contributed by atoms with Crippen LogP contribution in [0, 0.1) is 10.6 Å². The number of halogens is 4. The summed E-state index contributed by atoms with van der Waals surface area (Å²) in [5.74, 6) is 0.463. The second-order valence-corrected chi connectivity index (χ2v) is 25.7. The first-order valence-electron chi connectivity index (χ1n) is 28.6. The fraction of sp³-hybridized carbons (Fsp3) is 0.393. The first-order valence-corrected chi connectivity index (χ1v) is 29.7. The molecule has 3 saturated heterocycles. The van der Waals surface area contributed by atoms with Crippen LogP contribution < -0.4 is 27.6 Å². The van der Waals surface area contributed by atoms with Crippen molar-refractivity contribution >= 4 is 104 Å². The van der Waals surface area contributed by atoms with Crippen LogP contribution in [0.15, 0.2) is 104 Å². The maximum absolute atomic E-state index is 12.8. The lowest BCUT2D eigenvalue weighted by molar-refractivity contribution is -0.137. The molecule has 468 valence electrons. The maximum Gasteiger partial charge on any atom is 0.494 e. The zero-order chi connectivity index (χ0) is 64.5. The van der Waals surface area contributed by atoms with E-state index in [0.29, 0.717) is 83.6 Å². The van der Waals surface area contributed by atoms with Gasteiger partial charge in [0.15, 0.2) is 11.3 Å². The monoisotopic (exact) mass is 1340 g/mol. The molecule has 28 heteroatoms. The van der Waals surface area contributed by atoms with E-state index < -0.39 is 47.2 Å². The van der Waals surface area contributed by atoms with E-state index in [4.69, 9.17) is 35.3 Å². The van der Waals surface area contributed by atoms with Crippen LogP contribution in [-0.2, 0) is 25.0 Å². The highest BCUT2D eigenvalue weighted by Crippen LogP contribution is 2.38. The molecule has 11 rings (SSSR count). The van der Waals surface area contributed by atoms with Gasteiger partial charge in [-0.05, 0) is 177 Å². The lowest BCUT2D eigenvalue weighted by Gasteiger charge is -2.32. The summed E-state index contributed by atoms with van der Waals surface area (Å²) >= 11 is 2.13. The van der Waals surface area contributed by atoms with Crippen molar-refractivity contribution in [3.63, 3.8) is 0 Å². The van der Waals surface area contributed by atoms with Crippen LogP contribution in [-0.4, -0.2) is 134 Å². The normalized spacial score (nSPS) is 17.2. The first-order chi connectivity index (χ1) is 41.7. The average molecular weight is 1340 g/mol. The molecular formula is C61H70BF3IN15O8. The van der Waals surface area contributed by atoms with Gasteiger partial charge < -0.3 is 50.7 Å². The predicted octanol–water partition coefficient (Wildman–Crippen LogP) is 10.7. The molecule has 5 aromatic heterocycles. The molecule has 89 heavy (non-hydrogen) atoms. The molecule has 0 aliphatic carbocycles. The van der Waals surface area contributed by atoms with Gasteiger partial charge in [0.25, 0.3) is 11.8 Å². The molecule has 3 aliphatic heterocycles. The lowest BCUT2D eigenvalue weighted by atomic mass is 9.79. The number of carbonyl (C=O) groups excluding carboxylic acids is 4. The summed E-state index contributed by atoms with van der Waals surface area (Å²) in [6.07, 6.45) is 0.895. The van der Waals surface area contributed by atoms with E-state index in [1.54, 1.807) is 58.5 Å². The van der Waals surface area contributed by atoms with Gasteiger partial charge in [-0.3, -0.25) is 9.59 Å². The standard InChI is InChI=1S/C27H30N8O3.C20H21BF3NO3.C14H19IN6O2/c1-16-9-11-29-20(13-16)32-25(36)18-7-5-17(6-8-18)22-21-23(28)30-15-31-24(21)35(33-22)19-10-12-34(14-19)26(37)38-27(2,3)4;1-18(2)19(3,4)28-21(27-18)15-10-8-13(9-11-15)17(26)25-16-7-5-6-14(12-16)20(22,23)24;1-14(2,3)23-13(22)20-5-4-8(6-20)21-12-9(10(15)19-21)11(16)17-7-18-12/h5-9,11,13,15,19H,10,12,14H2,1-4H3,(H2,28,30,31)(H,29,32,36);5-12H,1-4H3,(H,25,26);7-8H,4-6H2,1-3H3,(H2,16,17,18)/t19-;;8-/m1.1/s1. The van der Waals surface area contributed by atoms with Gasteiger partial charge in [0, 0.05) is 54.8 Å². The van der Waals surface area contributed by atoms with E-state index in [0.717, 1.165) is 44.2 Å². The van der Waals surface area contributed by atoms with Crippen molar-refractivity contribution < 1.29 is 51.1 Å². The largest absolute Gasteiger partial charge is 0.494 e. The van der Waals surface area contributed by atoms with E-state index in [-0.39, 0.29) is 35.9 Å². The summed E-state index contributed by atoms with van der Waals surface area (Å²) in [6.45, 7) is 23.0. The number of benzene rings is 3. The highest BCUT2D eigenvalue weighted by atomic mass is 127. The van der Waals surface area contributed by atoms with E-state index in [9.17, 15) is 32.3 Å². The van der Waals surface area contributed by atoms with Crippen LogP contribution in [0.25, 0.3) is 33.3 Å². The van der Waals surface area contributed by atoms with Gasteiger partial charge in [-0.2, -0.15) is 23.4 Å². The van der Waals surface area contributed by atoms with E-state index >= 15 is 0 Å². The molecule has 3 aromatic carbocycles. The van der Waals surface area contributed by atoms with Gasteiger partial charge in [0.05, 0.1) is 39.6 Å². The van der Waals surface area contributed by atoms with Gasteiger partial charge >= 0.3 is 25.5 Å². The highest BCUT2D eigenvalue weighted by Gasteiger charge is 2.51. The number of aryl methyl sites for hydroxylation is 1. The molecule has 4 amide bonds. The number of rotatable bonds is 8. The number of alkyl halides is 3. The summed E-state index contributed by atoms with van der Waals surface area (Å²) in [6, 6.07) is 21.8. The first kappa shape index (κ1) is 65.0. The van der Waals surface area contributed by atoms with E-state index in [1.165, 1.54) is 24.8 Å². The molecule has 0 radical (unpaired) electrons. The Hall–Kier alpha value is -8.51. The predicted molar refractivity (Wildman–Crippen MR) is 339 cm³/mol. The third-order valence-electron chi connectivity index (χ3n) is 15.0. The second-order valence-electron chi connectivity index (χ2n) is 24.7. The number of nitrogens with two attached hydrogens (primary N) is 2. The summed E-state index contributed by atoms with van der Waals surface area (Å²) < 4.78 is 65.7. The van der Waals surface area contributed by atoms with Crippen molar-refractivity contribution in [3.8, 4) is 11.3 Å². The Labute approximate surface area is 526 Å². The Morgan fingerprint density at radius 2 is 1.17 bits per heavy atom. The van der Waals surface area contributed by atoms with Gasteiger partial charge in [0.2, 0.25) is 0 Å². The van der Waals surface area contributed by atoms with Crippen LogP contribution in [0.5, 0.6) is 0 Å². The Kier molecular flexibility index (Phi) is 18.6. The molecule has 6 N–H and O–H groups in total. The number of anilines is 4. The second kappa shape index (κ2) is 25.5. The smallest absolute Gasteiger partial charge is 0.444 e. The SMILES string of the molecule is CC(C)(C)OC(=O)N1CC[C@@H](n2nc(I)c3c(N)ncnc32)C1.CC1(C)OB(c2ccc(C(=O)Nc3cccc(C(F)(F)F)c3)cc2)OC1(C)C.Cc1ccnc(NC(=O)c2ccc(-c3nn([C@@H]4CCN(C(=O)OC(C)(C)C)C4)c4ncnc(N)c34)cc2)c1. The molecular weight excluding hydrogens is 1270 g/mol. The van der Waals surface area contributed by atoms with Crippen LogP contribution in [0.1, 0.15) is 126 Å². The number of nitrogens with one attached hydrogen (secondary N) is 2. The van der Waals surface area contributed by atoms with Crippen LogP contribution in [0.2, 0.25) is 0 Å². The topological polar surface area (TPSA) is 288 Å². The van der Waals surface area contributed by atoms with Crippen LogP contribution >= 0.6 is 22.6 Å².